The number of carbonyl (C=O) groups is 2. The van der Waals surface area contributed by atoms with Crippen LogP contribution in [0.1, 0.15) is 19.3 Å². The Morgan fingerprint density at radius 1 is 1.32 bits per heavy atom. The van der Waals surface area contributed by atoms with E-state index in [0.717, 1.165) is 12.1 Å². The number of nitrogens with zero attached hydrogens (tertiary/aromatic N) is 1. The van der Waals surface area contributed by atoms with E-state index < -0.39 is 22.5 Å². The number of amides is 1. The monoisotopic (exact) mass is 267 g/mol. The zero-order valence-electron chi connectivity index (χ0n) is 9.79. The second kappa shape index (κ2) is 6.34. The van der Waals surface area contributed by atoms with Crippen molar-refractivity contribution in [1.82, 2.24) is 0 Å². The number of nitro groups is 1. The van der Waals surface area contributed by atoms with Crippen LogP contribution in [-0.2, 0) is 9.59 Å². The number of carboxylic acid groups (broad SMARTS) is 1. The van der Waals surface area contributed by atoms with Crippen LogP contribution in [0.25, 0.3) is 0 Å². The summed E-state index contributed by atoms with van der Waals surface area (Å²) in [5.74, 6) is -2.17. The van der Waals surface area contributed by atoms with Gasteiger partial charge in [0.25, 0.3) is 5.69 Å². The van der Waals surface area contributed by atoms with Crippen LogP contribution in [0, 0.1) is 10.1 Å². The van der Waals surface area contributed by atoms with Crippen molar-refractivity contribution < 1.29 is 24.7 Å². The fourth-order valence-electron chi connectivity index (χ4n) is 1.35. The third kappa shape index (κ3) is 4.62. The van der Waals surface area contributed by atoms with E-state index in [9.17, 15) is 29.9 Å². The lowest BCUT2D eigenvalue weighted by Gasteiger charge is -2.07. The average Bonchev–Trinajstić information content (AvgIpc) is 2.31. The largest absolute Gasteiger partial charge is 0.550 e. The van der Waals surface area contributed by atoms with Crippen molar-refractivity contribution in [2.75, 3.05) is 5.32 Å². The first-order valence-electron chi connectivity index (χ1n) is 5.37. The van der Waals surface area contributed by atoms with Gasteiger partial charge in [-0.25, -0.2) is 0 Å². The minimum atomic E-state index is -1.24. The fraction of sp³-hybridized carbons (Fsp3) is 0.273. The van der Waals surface area contributed by atoms with Gasteiger partial charge in [-0.3, -0.25) is 14.9 Å². The Hall–Kier alpha value is -2.64. The minimum Gasteiger partial charge on any atom is -0.550 e. The van der Waals surface area contributed by atoms with Crippen LogP contribution in [0.5, 0.6) is 5.75 Å². The van der Waals surface area contributed by atoms with Crippen LogP contribution in [-0.4, -0.2) is 21.9 Å². The molecule has 8 heteroatoms. The van der Waals surface area contributed by atoms with E-state index in [2.05, 4.69) is 5.32 Å². The first-order valence-corrected chi connectivity index (χ1v) is 5.37. The molecule has 0 aliphatic heterocycles. The molecule has 102 valence electrons. The molecule has 0 spiro atoms. The molecule has 0 unspecified atom stereocenters. The summed E-state index contributed by atoms with van der Waals surface area (Å²) in [4.78, 5) is 31.3. The number of non-ortho nitro benzene ring substituents is 1. The van der Waals surface area contributed by atoms with Crippen LogP contribution < -0.4 is 10.4 Å². The predicted octanol–water partition coefficient (Wildman–Crippen LogP) is 0.159. The summed E-state index contributed by atoms with van der Waals surface area (Å²) in [5.41, 5.74) is -0.267. The standard InChI is InChI=1S/C11H12N2O6/c14-9-6-7(13(18)19)4-5-8(9)12-10(15)2-1-3-11(16)17/h4-6,14H,1-3H2,(H,12,15)(H,16,17)/p-1. The fourth-order valence-corrected chi connectivity index (χ4v) is 1.35. The van der Waals surface area contributed by atoms with Gasteiger partial charge in [0.15, 0.2) is 0 Å². The SMILES string of the molecule is O=C([O-])CCCC(=O)Nc1ccc([N+](=O)[O-])cc1O. The van der Waals surface area contributed by atoms with Gasteiger partial charge in [-0.1, -0.05) is 0 Å². The summed E-state index contributed by atoms with van der Waals surface area (Å²) >= 11 is 0. The van der Waals surface area contributed by atoms with E-state index in [4.69, 9.17) is 0 Å². The van der Waals surface area contributed by atoms with Crippen LogP contribution in [0.3, 0.4) is 0 Å². The molecule has 0 aromatic heterocycles. The average molecular weight is 267 g/mol. The molecule has 0 aliphatic rings. The molecule has 0 bridgehead atoms. The molecule has 0 atom stereocenters. The number of hydrogen-bond acceptors (Lipinski definition) is 6. The first-order chi connectivity index (χ1) is 8.90. The lowest BCUT2D eigenvalue weighted by Crippen LogP contribution is -2.22. The zero-order chi connectivity index (χ0) is 14.4. The van der Waals surface area contributed by atoms with Crippen molar-refractivity contribution in [3.05, 3.63) is 28.3 Å². The number of hydrogen-bond donors (Lipinski definition) is 2. The topological polar surface area (TPSA) is 133 Å². The van der Waals surface area contributed by atoms with Crippen LogP contribution in [0.15, 0.2) is 18.2 Å². The number of nitro benzene ring substituents is 1. The van der Waals surface area contributed by atoms with Gasteiger partial charge in [-0.05, 0) is 18.9 Å². The number of carboxylic acids is 1. The second-order valence-corrected chi connectivity index (χ2v) is 3.73. The molecule has 0 saturated carbocycles. The molecule has 8 nitrogen and oxygen atoms in total. The summed E-state index contributed by atoms with van der Waals surface area (Å²) in [6.45, 7) is 0. The maximum Gasteiger partial charge on any atom is 0.273 e. The zero-order valence-corrected chi connectivity index (χ0v) is 9.79. The van der Waals surface area contributed by atoms with Gasteiger partial charge in [0.1, 0.15) is 5.75 Å². The second-order valence-electron chi connectivity index (χ2n) is 3.73. The van der Waals surface area contributed by atoms with E-state index in [0.29, 0.717) is 0 Å². The Morgan fingerprint density at radius 2 is 2.00 bits per heavy atom. The predicted molar refractivity (Wildman–Crippen MR) is 62.2 cm³/mol. The van der Waals surface area contributed by atoms with Gasteiger partial charge in [-0.2, -0.15) is 0 Å². The van der Waals surface area contributed by atoms with Gasteiger partial charge in [0.05, 0.1) is 16.7 Å². The van der Waals surface area contributed by atoms with Gasteiger partial charge in [0, 0.05) is 18.5 Å². The molecule has 2 N–H and O–H groups in total. The number of phenols is 1. The Morgan fingerprint density at radius 3 is 2.53 bits per heavy atom. The molecular weight excluding hydrogens is 256 g/mol. The molecule has 0 aliphatic carbocycles. The number of anilines is 1. The van der Waals surface area contributed by atoms with Crippen LogP contribution in [0.2, 0.25) is 0 Å². The highest BCUT2D eigenvalue weighted by Gasteiger charge is 2.11. The summed E-state index contributed by atoms with van der Waals surface area (Å²) in [6, 6.07) is 3.25. The van der Waals surface area contributed by atoms with Crippen molar-refractivity contribution in [3.63, 3.8) is 0 Å². The molecule has 1 amide bonds. The Bertz CT molecular complexity index is 514. The Balaban J connectivity index is 2.59. The maximum absolute atomic E-state index is 11.4. The van der Waals surface area contributed by atoms with Crippen molar-refractivity contribution in [2.45, 2.75) is 19.3 Å². The van der Waals surface area contributed by atoms with Crippen molar-refractivity contribution in [3.8, 4) is 5.75 Å². The van der Waals surface area contributed by atoms with E-state index in [1.807, 2.05) is 0 Å². The molecule has 1 aromatic rings. The van der Waals surface area contributed by atoms with Gasteiger partial charge < -0.3 is 20.3 Å². The summed E-state index contributed by atoms with van der Waals surface area (Å²) in [7, 11) is 0. The highest BCUT2D eigenvalue weighted by Crippen LogP contribution is 2.27. The normalized spacial score (nSPS) is 9.89. The Kier molecular flexibility index (Phi) is 4.81. The third-order valence-electron chi connectivity index (χ3n) is 2.25. The van der Waals surface area contributed by atoms with Crippen molar-refractivity contribution >= 4 is 23.3 Å². The van der Waals surface area contributed by atoms with E-state index in [1.54, 1.807) is 0 Å². The first kappa shape index (κ1) is 14.4. The highest BCUT2D eigenvalue weighted by atomic mass is 16.6. The molecule has 0 saturated heterocycles. The minimum absolute atomic E-state index is 0.0315. The number of aromatic hydroxyl groups is 1. The molecular formula is C11H11N2O6-. The summed E-state index contributed by atoms with van der Waals surface area (Å²) in [6.07, 6.45) is -0.175. The molecule has 0 radical (unpaired) electrons. The van der Waals surface area contributed by atoms with Gasteiger partial charge >= 0.3 is 0 Å². The number of aliphatic carboxylic acids is 1. The smallest absolute Gasteiger partial charge is 0.273 e. The summed E-state index contributed by atoms with van der Waals surface area (Å²) < 4.78 is 0. The van der Waals surface area contributed by atoms with E-state index >= 15 is 0 Å². The maximum atomic E-state index is 11.4. The number of rotatable bonds is 6. The number of benzene rings is 1. The molecule has 1 rings (SSSR count). The van der Waals surface area contributed by atoms with Gasteiger partial charge in [-0.15, -0.1) is 0 Å². The van der Waals surface area contributed by atoms with Gasteiger partial charge in [0.2, 0.25) is 5.91 Å². The Labute approximate surface area is 107 Å². The van der Waals surface area contributed by atoms with Crippen molar-refractivity contribution in [1.29, 1.82) is 0 Å². The number of carbonyl (C=O) groups excluding carboxylic acids is 2. The molecule has 0 heterocycles. The molecule has 0 fully saturated rings. The lowest BCUT2D eigenvalue weighted by atomic mass is 10.2. The summed E-state index contributed by atoms with van der Waals surface area (Å²) in [5, 5.41) is 32.4. The number of phenolic OH excluding ortho intramolecular Hbond substituents is 1. The number of nitrogens with one attached hydrogen (secondary N) is 1. The van der Waals surface area contributed by atoms with Crippen LogP contribution in [0.4, 0.5) is 11.4 Å². The molecule has 1 aromatic carbocycles. The van der Waals surface area contributed by atoms with Crippen molar-refractivity contribution in [2.24, 2.45) is 0 Å². The highest BCUT2D eigenvalue weighted by molar-refractivity contribution is 5.92. The van der Waals surface area contributed by atoms with E-state index in [1.165, 1.54) is 6.07 Å². The third-order valence-corrected chi connectivity index (χ3v) is 2.25. The molecule has 19 heavy (non-hydrogen) atoms. The van der Waals surface area contributed by atoms with E-state index in [-0.39, 0.29) is 30.6 Å². The van der Waals surface area contributed by atoms with Crippen LogP contribution >= 0.6 is 0 Å². The lowest BCUT2D eigenvalue weighted by molar-refractivity contribution is -0.384. The quantitative estimate of drug-likeness (QED) is 0.428.